The Hall–Kier alpha value is -2.91. The van der Waals surface area contributed by atoms with Crippen LogP contribution in [0.4, 0.5) is 0 Å². The first kappa shape index (κ1) is 21.4. The molecular formula is C19H21NO7S. The van der Waals surface area contributed by atoms with Crippen molar-refractivity contribution < 1.29 is 32.2 Å². The summed E-state index contributed by atoms with van der Waals surface area (Å²) in [5.74, 6) is -0.864. The molecule has 0 atom stereocenters. The van der Waals surface area contributed by atoms with Crippen LogP contribution in [0.25, 0.3) is 0 Å². The van der Waals surface area contributed by atoms with Crippen molar-refractivity contribution in [3.05, 3.63) is 59.7 Å². The minimum absolute atomic E-state index is 0.0495. The topological polar surface area (TPSA) is 99.2 Å². The molecule has 150 valence electrons. The summed E-state index contributed by atoms with van der Waals surface area (Å²) in [4.78, 5) is 24.0. The molecule has 0 amide bonds. The summed E-state index contributed by atoms with van der Waals surface area (Å²) in [5, 5.41) is 0. The molecule has 2 aromatic carbocycles. The molecule has 0 spiro atoms. The summed E-state index contributed by atoms with van der Waals surface area (Å²) in [6.07, 6.45) is 0. The van der Waals surface area contributed by atoms with Crippen molar-refractivity contribution in [1.29, 1.82) is 0 Å². The molecule has 8 nitrogen and oxygen atoms in total. The molecule has 0 aliphatic carbocycles. The van der Waals surface area contributed by atoms with E-state index in [1.807, 2.05) is 0 Å². The second-order valence-electron chi connectivity index (χ2n) is 5.78. The van der Waals surface area contributed by atoms with E-state index in [0.29, 0.717) is 5.75 Å². The first-order valence-electron chi connectivity index (χ1n) is 8.27. The van der Waals surface area contributed by atoms with Crippen LogP contribution in [0, 0.1) is 0 Å². The Morgan fingerprint density at radius 3 is 2.00 bits per heavy atom. The molecule has 0 aromatic heterocycles. The fraction of sp³-hybridized carbons (Fsp3) is 0.263. The lowest BCUT2D eigenvalue weighted by Crippen LogP contribution is -2.22. The summed E-state index contributed by atoms with van der Waals surface area (Å²) in [6, 6.07) is 12.1. The summed E-state index contributed by atoms with van der Waals surface area (Å²) in [5.41, 5.74) is 0.223. The predicted molar refractivity (Wildman–Crippen MR) is 101 cm³/mol. The van der Waals surface area contributed by atoms with Crippen LogP contribution in [-0.2, 0) is 19.5 Å². The van der Waals surface area contributed by atoms with E-state index in [1.54, 1.807) is 12.1 Å². The molecule has 28 heavy (non-hydrogen) atoms. The SMILES string of the molecule is COC(=O)c1ccccc1C(=O)OCCOc1ccc(S(=O)(=O)N(C)C)cc1. The summed E-state index contributed by atoms with van der Waals surface area (Å²) < 4.78 is 40.3. The van der Waals surface area contributed by atoms with Gasteiger partial charge in [0.1, 0.15) is 19.0 Å². The number of ether oxygens (including phenoxy) is 3. The number of carbonyl (C=O) groups excluding carboxylic acids is 2. The van der Waals surface area contributed by atoms with Crippen LogP contribution in [0.5, 0.6) is 5.75 Å². The van der Waals surface area contributed by atoms with Crippen LogP contribution >= 0.6 is 0 Å². The van der Waals surface area contributed by atoms with E-state index in [4.69, 9.17) is 9.47 Å². The van der Waals surface area contributed by atoms with E-state index in [-0.39, 0.29) is 29.2 Å². The van der Waals surface area contributed by atoms with Crippen molar-refractivity contribution in [3.63, 3.8) is 0 Å². The standard InChI is InChI=1S/C19H21NO7S/c1-20(2)28(23,24)15-10-8-14(9-11-15)26-12-13-27-19(22)17-7-5-4-6-16(17)18(21)25-3/h4-11H,12-13H2,1-3H3. The molecule has 0 fully saturated rings. The Balaban J connectivity index is 1.90. The minimum atomic E-state index is -3.50. The number of esters is 2. The van der Waals surface area contributed by atoms with Crippen molar-refractivity contribution in [2.75, 3.05) is 34.4 Å². The summed E-state index contributed by atoms with van der Waals surface area (Å²) in [6.45, 7) is 0.0119. The van der Waals surface area contributed by atoms with E-state index in [2.05, 4.69) is 4.74 Å². The molecule has 2 rings (SSSR count). The quantitative estimate of drug-likeness (QED) is 0.487. The zero-order valence-corrected chi connectivity index (χ0v) is 16.6. The van der Waals surface area contributed by atoms with Gasteiger partial charge in [0.15, 0.2) is 0 Å². The van der Waals surface area contributed by atoms with Crippen LogP contribution in [0.3, 0.4) is 0 Å². The van der Waals surface area contributed by atoms with Gasteiger partial charge in [0.25, 0.3) is 0 Å². The summed E-state index contributed by atoms with van der Waals surface area (Å²) in [7, 11) is 0.628. The number of benzene rings is 2. The second-order valence-corrected chi connectivity index (χ2v) is 7.93. The van der Waals surface area contributed by atoms with Crippen LogP contribution in [0.1, 0.15) is 20.7 Å². The Kier molecular flexibility index (Phi) is 7.13. The zero-order valence-electron chi connectivity index (χ0n) is 15.7. The number of hydrogen-bond donors (Lipinski definition) is 0. The maximum absolute atomic E-state index is 12.2. The molecule has 0 aliphatic rings. The lowest BCUT2D eigenvalue weighted by atomic mass is 10.1. The minimum Gasteiger partial charge on any atom is -0.490 e. The molecule has 0 bridgehead atoms. The molecule has 0 saturated heterocycles. The van der Waals surface area contributed by atoms with E-state index in [0.717, 1.165) is 4.31 Å². The third-order valence-corrected chi connectivity index (χ3v) is 5.57. The van der Waals surface area contributed by atoms with Crippen LogP contribution in [0.15, 0.2) is 53.4 Å². The lowest BCUT2D eigenvalue weighted by molar-refractivity contribution is 0.0438. The predicted octanol–water partition coefficient (Wildman–Crippen LogP) is 1.96. The van der Waals surface area contributed by atoms with Gasteiger partial charge in [-0.15, -0.1) is 0 Å². The van der Waals surface area contributed by atoms with E-state index in [9.17, 15) is 18.0 Å². The van der Waals surface area contributed by atoms with Gasteiger partial charge in [0, 0.05) is 14.1 Å². The van der Waals surface area contributed by atoms with Gasteiger partial charge < -0.3 is 14.2 Å². The highest BCUT2D eigenvalue weighted by molar-refractivity contribution is 7.89. The van der Waals surface area contributed by atoms with Gasteiger partial charge in [0.05, 0.1) is 23.1 Å². The van der Waals surface area contributed by atoms with E-state index >= 15 is 0 Å². The highest BCUT2D eigenvalue weighted by Gasteiger charge is 2.18. The van der Waals surface area contributed by atoms with Crippen molar-refractivity contribution in [3.8, 4) is 5.75 Å². The van der Waals surface area contributed by atoms with Crippen molar-refractivity contribution >= 4 is 22.0 Å². The third-order valence-electron chi connectivity index (χ3n) is 3.74. The van der Waals surface area contributed by atoms with Crippen LogP contribution in [0.2, 0.25) is 0 Å². The largest absolute Gasteiger partial charge is 0.490 e. The third kappa shape index (κ3) is 5.08. The van der Waals surface area contributed by atoms with Crippen molar-refractivity contribution in [2.45, 2.75) is 4.90 Å². The first-order valence-corrected chi connectivity index (χ1v) is 9.71. The van der Waals surface area contributed by atoms with Gasteiger partial charge in [-0.1, -0.05) is 12.1 Å². The molecule has 0 saturated carbocycles. The van der Waals surface area contributed by atoms with E-state index < -0.39 is 22.0 Å². The average Bonchev–Trinajstić information content (AvgIpc) is 2.70. The maximum Gasteiger partial charge on any atom is 0.339 e. The van der Waals surface area contributed by atoms with Crippen molar-refractivity contribution in [2.24, 2.45) is 0 Å². The highest BCUT2D eigenvalue weighted by Crippen LogP contribution is 2.18. The van der Waals surface area contributed by atoms with Gasteiger partial charge in [-0.3, -0.25) is 0 Å². The molecule has 0 N–H and O–H groups in total. The molecule has 9 heteroatoms. The molecule has 0 unspecified atom stereocenters. The van der Waals surface area contributed by atoms with Gasteiger partial charge in [-0.2, -0.15) is 0 Å². The Labute approximate surface area is 163 Å². The van der Waals surface area contributed by atoms with Crippen molar-refractivity contribution in [1.82, 2.24) is 4.31 Å². The zero-order chi connectivity index (χ0) is 20.7. The molecular weight excluding hydrogens is 386 g/mol. The van der Waals surface area contributed by atoms with Gasteiger partial charge in [-0.05, 0) is 36.4 Å². The van der Waals surface area contributed by atoms with E-state index in [1.165, 1.54) is 57.6 Å². The van der Waals surface area contributed by atoms with Crippen LogP contribution in [-0.4, -0.2) is 59.1 Å². The molecule has 2 aromatic rings. The number of methoxy groups -OCH3 is 1. The summed E-state index contributed by atoms with van der Waals surface area (Å²) >= 11 is 0. The number of nitrogens with zero attached hydrogens (tertiary/aromatic N) is 1. The molecule has 0 aliphatic heterocycles. The smallest absolute Gasteiger partial charge is 0.339 e. The molecule has 0 heterocycles. The highest BCUT2D eigenvalue weighted by atomic mass is 32.2. The fourth-order valence-electron chi connectivity index (χ4n) is 2.24. The van der Waals surface area contributed by atoms with Crippen LogP contribution < -0.4 is 4.74 Å². The Morgan fingerprint density at radius 2 is 1.46 bits per heavy atom. The maximum atomic E-state index is 12.2. The normalized spacial score (nSPS) is 11.1. The van der Waals surface area contributed by atoms with Gasteiger partial charge in [-0.25, -0.2) is 22.3 Å². The number of sulfonamides is 1. The average molecular weight is 407 g/mol. The second kappa shape index (κ2) is 9.34. The van der Waals surface area contributed by atoms with Gasteiger partial charge in [0.2, 0.25) is 10.0 Å². The van der Waals surface area contributed by atoms with Gasteiger partial charge >= 0.3 is 11.9 Å². The number of rotatable bonds is 8. The number of carbonyl (C=O) groups is 2. The first-order chi connectivity index (χ1) is 13.3. The Morgan fingerprint density at radius 1 is 0.893 bits per heavy atom. The Bertz CT molecular complexity index is 937. The number of hydrogen-bond acceptors (Lipinski definition) is 7. The molecule has 0 radical (unpaired) electrons. The lowest BCUT2D eigenvalue weighted by Gasteiger charge is -2.12. The monoisotopic (exact) mass is 407 g/mol. The fourth-order valence-corrected chi connectivity index (χ4v) is 3.14.